The van der Waals surface area contributed by atoms with E-state index in [1.807, 2.05) is 0 Å². The molecule has 4 saturated carbocycles. The van der Waals surface area contributed by atoms with E-state index in [-0.39, 0.29) is 29.3 Å². The number of carboxylic acid groups (broad SMARTS) is 1. The molecule has 166 valence electrons. The van der Waals surface area contributed by atoms with Gasteiger partial charge in [-0.05, 0) is 97.7 Å². The van der Waals surface area contributed by atoms with Gasteiger partial charge in [0, 0.05) is 6.42 Å². The number of carbonyl (C=O) groups is 1. The van der Waals surface area contributed by atoms with E-state index in [1.165, 1.54) is 0 Å². The van der Waals surface area contributed by atoms with Crippen molar-refractivity contribution in [2.45, 2.75) is 96.9 Å². The number of aliphatic hydroxyl groups excluding tert-OH is 3. The zero-order valence-electron chi connectivity index (χ0n) is 18.3. The van der Waals surface area contributed by atoms with Gasteiger partial charge < -0.3 is 20.4 Å². The standard InChI is InChI=1S/C24H40O5/c1-13(4-9-21(27)28)15-7-8-16-14-5-6-17-22(29)19(25)10-11-23(17,2)18(14)12-20(26)24(15,16)3/h13-20,22,25-26,29H,4-12H2,1-3H3,(H,27,28)/t13-,14+,15?,16+,17-,18+,19-,20+,22+,23+,24-/m1/s1. The van der Waals surface area contributed by atoms with Gasteiger partial charge in [0.05, 0.1) is 18.3 Å². The van der Waals surface area contributed by atoms with Gasteiger partial charge in [0.1, 0.15) is 0 Å². The molecule has 0 spiro atoms. The molecule has 5 nitrogen and oxygen atoms in total. The number of hydrogen-bond donors (Lipinski definition) is 4. The second-order valence-corrected chi connectivity index (χ2v) is 11.4. The van der Waals surface area contributed by atoms with Crippen LogP contribution in [0.25, 0.3) is 0 Å². The van der Waals surface area contributed by atoms with Crippen LogP contribution in [0.2, 0.25) is 0 Å². The van der Waals surface area contributed by atoms with Crippen molar-refractivity contribution in [3.8, 4) is 0 Å². The van der Waals surface area contributed by atoms with Crippen molar-refractivity contribution in [2.24, 2.45) is 46.3 Å². The summed E-state index contributed by atoms with van der Waals surface area (Å²) in [6.45, 7) is 6.76. The average molecular weight is 409 g/mol. The van der Waals surface area contributed by atoms with Crippen LogP contribution in [0.15, 0.2) is 0 Å². The van der Waals surface area contributed by atoms with Crippen LogP contribution in [-0.2, 0) is 4.79 Å². The van der Waals surface area contributed by atoms with Crippen LogP contribution in [-0.4, -0.2) is 44.7 Å². The molecule has 0 radical (unpaired) electrons. The van der Waals surface area contributed by atoms with Gasteiger partial charge in [0.25, 0.3) is 0 Å². The van der Waals surface area contributed by atoms with E-state index in [4.69, 9.17) is 5.11 Å². The SMILES string of the molecule is C[C@H](CCC(=O)O)C1CC[C@H]2[C@@H]3CC[C@@H]4[C@H](O)[C@H](O)CC[C@]4(C)[C@H]3C[C@H](O)[C@]12C. The summed E-state index contributed by atoms with van der Waals surface area (Å²) in [6.07, 6.45) is 5.94. The Kier molecular flexibility index (Phi) is 5.57. The summed E-state index contributed by atoms with van der Waals surface area (Å²) in [7, 11) is 0. The summed E-state index contributed by atoms with van der Waals surface area (Å²) in [6, 6.07) is 0. The van der Waals surface area contributed by atoms with Gasteiger partial charge in [-0.2, -0.15) is 0 Å². The zero-order valence-corrected chi connectivity index (χ0v) is 18.3. The first-order chi connectivity index (χ1) is 13.6. The summed E-state index contributed by atoms with van der Waals surface area (Å²) < 4.78 is 0. The minimum Gasteiger partial charge on any atom is -0.481 e. The smallest absolute Gasteiger partial charge is 0.303 e. The largest absolute Gasteiger partial charge is 0.481 e. The van der Waals surface area contributed by atoms with Crippen molar-refractivity contribution >= 4 is 5.97 Å². The van der Waals surface area contributed by atoms with Crippen molar-refractivity contribution in [3.05, 3.63) is 0 Å². The molecule has 0 amide bonds. The second-order valence-electron chi connectivity index (χ2n) is 11.4. The molecule has 0 aromatic rings. The maximum atomic E-state index is 11.5. The molecule has 0 aliphatic heterocycles. The fourth-order valence-corrected chi connectivity index (χ4v) is 8.79. The Hall–Kier alpha value is -0.650. The molecule has 1 unspecified atom stereocenters. The number of carboxylic acids is 1. The number of aliphatic hydroxyl groups is 3. The van der Waals surface area contributed by atoms with E-state index in [2.05, 4.69) is 20.8 Å². The number of hydrogen-bond acceptors (Lipinski definition) is 4. The van der Waals surface area contributed by atoms with Crippen LogP contribution >= 0.6 is 0 Å². The van der Waals surface area contributed by atoms with Crippen LogP contribution in [0, 0.1) is 46.3 Å². The molecule has 0 saturated heterocycles. The highest BCUT2D eigenvalue weighted by Crippen LogP contribution is 2.68. The second kappa shape index (κ2) is 7.49. The van der Waals surface area contributed by atoms with Gasteiger partial charge in [-0.1, -0.05) is 20.8 Å². The van der Waals surface area contributed by atoms with Crippen molar-refractivity contribution in [2.75, 3.05) is 0 Å². The summed E-state index contributed by atoms with van der Waals surface area (Å²) in [5, 5.41) is 41.5. The molecule has 29 heavy (non-hydrogen) atoms. The third kappa shape index (κ3) is 3.18. The third-order valence-corrected chi connectivity index (χ3v) is 10.4. The topological polar surface area (TPSA) is 98.0 Å². The van der Waals surface area contributed by atoms with E-state index in [1.54, 1.807) is 0 Å². The molecule has 4 aliphatic carbocycles. The average Bonchev–Trinajstić information content (AvgIpc) is 3.03. The molecule has 5 heteroatoms. The highest BCUT2D eigenvalue weighted by Gasteiger charge is 2.64. The first-order valence-electron chi connectivity index (χ1n) is 11.9. The Morgan fingerprint density at radius 2 is 1.69 bits per heavy atom. The Labute approximate surface area is 174 Å². The fourth-order valence-electron chi connectivity index (χ4n) is 8.79. The maximum absolute atomic E-state index is 11.5. The lowest BCUT2D eigenvalue weighted by molar-refractivity contribution is -0.200. The van der Waals surface area contributed by atoms with Crippen molar-refractivity contribution in [1.82, 2.24) is 0 Å². The van der Waals surface area contributed by atoms with E-state index in [9.17, 15) is 20.1 Å². The zero-order chi connectivity index (χ0) is 21.1. The number of aliphatic carboxylic acids is 1. The van der Waals surface area contributed by atoms with Gasteiger partial charge in [-0.25, -0.2) is 0 Å². The molecule has 0 aromatic heterocycles. The van der Waals surface area contributed by atoms with E-state index >= 15 is 0 Å². The van der Waals surface area contributed by atoms with Crippen molar-refractivity contribution in [3.63, 3.8) is 0 Å². The van der Waals surface area contributed by atoms with Gasteiger partial charge in [0.2, 0.25) is 0 Å². The maximum Gasteiger partial charge on any atom is 0.303 e. The Morgan fingerprint density at radius 3 is 2.38 bits per heavy atom. The predicted octanol–water partition coefficient (Wildman–Crippen LogP) is 3.45. The summed E-state index contributed by atoms with van der Waals surface area (Å²) in [5.41, 5.74) is -0.133. The molecule has 0 heterocycles. The molecular weight excluding hydrogens is 368 g/mol. The summed E-state index contributed by atoms with van der Waals surface area (Å²) >= 11 is 0. The number of rotatable bonds is 4. The summed E-state index contributed by atoms with van der Waals surface area (Å²) in [5.74, 6) is 1.56. The van der Waals surface area contributed by atoms with E-state index < -0.39 is 18.2 Å². The minimum absolute atomic E-state index is 0.00309. The lowest BCUT2D eigenvalue weighted by Crippen LogP contribution is -2.61. The Bertz CT molecular complexity index is 637. The molecule has 4 N–H and O–H groups in total. The highest BCUT2D eigenvalue weighted by atomic mass is 16.4. The van der Waals surface area contributed by atoms with Crippen LogP contribution < -0.4 is 0 Å². The fraction of sp³-hybridized carbons (Fsp3) is 0.958. The van der Waals surface area contributed by atoms with Crippen LogP contribution in [0.5, 0.6) is 0 Å². The molecular formula is C24H40O5. The van der Waals surface area contributed by atoms with Crippen LogP contribution in [0.3, 0.4) is 0 Å². The molecule has 0 aromatic carbocycles. The van der Waals surface area contributed by atoms with Gasteiger partial charge in [-0.15, -0.1) is 0 Å². The summed E-state index contributed by atoms with van der Waals surface area (Å²) in [4.78, 5) is 11.1. The molecule has 11 atom stereocenters. The Balaban J connectivity index is 1.58. The molecule has 4 rings (SSSR count). The first kappa shape index (κ1) is 21.6. The lowest BCUT2D eigenvalue weighted by Gasteiger charge is -2.63. The van der Waals surface area contributed by atoms with Gasteiger partial charge in [-0.3, -0.25) is 4.79 Å². The van der Waals surface area contributed by atoms with Crippen LogP contribution in [0.1, 0.15) is 78.6 Å². The van der Waals surface area contributed by atoms with Crippen molar-refractivity contribution < 1.29 is 25.2 Å². The molecule has 4 aliphatic rings. The first-order valence-corrected chi connectivity index (χ1v) is 11.9. The highest BCUT2D eigenvalue weighted by molar-refractivity contribution is 5.66. The van der Waals surface area contributed by atoms with Crippen molar-refractivity contribution in [1.29, 1.82) is 0 Å². The van der Waals surface area contributed by atoms with Gasteiger partial charge >= 0.3 is 5.97 Å². The minimum atomic E-state index is -0.731. The normalized spacial score (nSPS) is 52.9. The van der Waals surface area contributed by atoms with E-state index in [0.717, 1.165) is 38.5 Å². The third-order valence-electron chi connectivity index (χ3n) is 10.4. The monoisotopic (exact) mass is 408 g/mol. The molecule has 0 bridgehead atoms. The predicted molar refractivity (Wildman–Crippen MR) is 110 cm³/mol. The quantitative estimate of drug-likeness (QED) is 0.571. The Morgan fingerprint density at radius 1 is 1.00 bits per heavy atom. The molecule has 4 fully saturated rings. The lowest BCUT2D eigenvalue weighted by atomic mass is 9.43. The van der Waals surface area contributed by atoms with E-state index in [0.29, 0.717) is 42.4 Å². The number of fused-ring (bicyclic) bond motifs is 5. The van der Waals surface area contributed by atoms with Crippen LogP contribution in [0.4, 0.5) is 0 Å². The van der Waals surface area contributed by atoms with Gasteiger partial charge in [0.15, 0.2) is 0 Å².